The number of hydrogen-bond donors (Lipinski definition) is 6. The van der Waals surface area contributed by atoms with Gasteiger partial charge >= 0.3 is 0 Å². The fraction of sp³-hybridized carbons (Fsp3) is 0.222. The molecular formula is C18H17FN8O7. The highest BCUT2D eigenvalue weighted by atomic mass is 18.2. The van der Waals surface area contributed by atoms with Gasteiger partial charge in [0.1, 0.15) is 23.7 Å². The van der Waals surface area contributed by atoms with E-state index in [9.17, 15) is 24.5 Å². The van der Waals surface area contributed by atoms with Crippen LogP contribution >= 0.6 is 0 Å². The summed E-state index contributed by atoms with van der Waals surface area (Å²) in [6, 6.07) is 4.06. The van der Waals surface area contributed by atoms with E-state index in [1.54, 1.807) is 0 Å². The number of aromatic nitrogens is 6. The van der Waals surface area contributed by atoms with E-state index in [0.29, 0.717) is 6.21 Å². The summed E-state index contributed by atoms with van der Waals surface area (Å²) in [7, 11) is 0. The first-order chi connectivity index (χ1) is 16.3. The highest BCUT2D eigenvalue weighted by Gasteiger charge is 2.23. The van der Waals surface area contributed by atoms with Gasteiger partial charge in [0.15, 0.2) is 18.0 Å². The molecule has 34 heavy (non-hydrogen) atoms. The van der Waals surface area contributed by atoms with Crippen LogP contribution < -0.4 is 5.32 Å². The van der Waals surface area contributed by atoms with Crippen molar-refractivity contribution in [1.29, 1.82) is 0 Å². The minimum atomic E-state index is -2.68. The zero-order valence-electron chi connectivity index (χ0n) is 17.0. The molecule has 0 aliphatic heterocycles. The molecule has 3 aromatic heterocycles. The summed E-state index contributed by atoms with van der Waals surface area (Å²) < 4.78 is 12.4. The monoisotopic (exact) mass is 475 g/mol. The number of nitrogens with one attached hydrogen (secondary N) is 1. The third-order valence-corrected chi connectivity index (χ3v) is 3.96. The van der Waals surface area contributed by atoms with Crippen molar-refractivity contribution in [2.45, 2.75) is 18.6 Å². The minimum Gasteiger partial charge on any atom is -0.506 e. The van der Waals surface area contributed by atoms with Crippen LogP contribution in [0.4, 0.5) is 10.1 Å². The Hall–Kier alpha value is -4.41. The summed E-state index contributed by atoms with van der Waals surface area (Å²) in [4.78, 5) is 24.3. The number of alkyl halides is 1. The second-order valence-electron chi connectivity index (χ2n) is 6.44. The second kappa shape index (κ2) is 10.9. The largest absolute Gasteiger partial charge is 0.506 e. The van der Waals surface area contributed by atoms with Crippen LogP contribution in [-0.4, -0.2) is 93.2 Å². The van der Waals surface area contributed by atoms with Crippen molar-refractivity contribution in [2.24, 2.45) is 5.16 Å². The van der Waals surface area contributed by atoms with Crippen LogP contribution in [0.15, 0.2) is 35.7 Å². The topological polar surface area (TPSA) is 229 Å². The predicted octanol–water partition coefficient (Wildman–Crippen LogP) is -1.25. The quantitative estimate of drug-likeness (QED) is 0.157. The van der Waals surface area contributed by atoms with Crippen molar-refractivity contribution in [3.05, 3.63) is 30.6 Å². The molecule has 3 unspecified atom stereocenters. The van der Waals surface area contributed by atoms with Crippen LogP contribution in [0.5, 0.6) is 11.5 Å². The maximum absolute atomic E-state index is 12.4. The molecule has 3 atom stereocenters. The molecule has 0 aliphatic rings. The van der Waals surface area contributed by atoms with Gasteiger partial charge in [-0.25, -0.2) is 14.4 Å². The molecule has 0 aliphatic carbocycles. The molecule has 15 nitrogen and oxygen atoms in total. The van der Waals surface area contributed by atoms with Gasteiger partial charge in [-0.1, -0.05) is 5.16 Å². The number of oxime groups is 1. The summed E-state index contributed by atoms with van der Waals surface area (Å²) in [6.45, 7) is -0.640. The Bertz CT molecular complexity index is 1170. The van der Waals surface area contributed by atoms with Gasteiger partial charge in [-0.3, -0.25) is 4.79 Å². The number of aromatic hydroxyl groups is 2. The average Bonchev–Trinajstić information content (AvgIpc) is 2.82. The fourth-order valence-electron chi connectivity index (χ4n) is 2.33. The number of pyridine rings is 2. The number of nitrogens with zero attached hydrogens (tertiary/aromatic N) is 7. The van der Waals surface area contributed by atoms with Crippen LogP contribution in [-0.2, 0) is 9.63 Å². The number of amides is 1. The number of hydrogen-bond acceptors (Lipinski definition) is 14. The molecule has 3 aromatic rings. The van der Waals surface area contributed by atoms with Gasteiger partial charge in [0, 0.05) is 12.3 Å². The smallest absolute Gasteiger partial charge is 0.265 e. The van der Waals surface area contributed by atoms with E-state index in [-0.39, 0.29) is 34.5 Å². The first-order valence-corrected chi connectivity index (χ1v) is 9.31. The van der Waals surface area contributed by atoms with E-state index in [4.69, 9.17) is 10.2 Å². The van der Waals surface area contributed by atoms with E-state index in [0.717, 1.165) is 6.07 Å². The molecule has 6 N–H and O–H groups in total. The molecule has 16 heteroatoms. The highest BCUT2D eigenvalue weighted by Crippen LogP contribution is 2.27. The maximum Gasteiger partial charge on any atom is 0.265 e. The van der Waals surface area contributed by atoms with Gasteiger partial charge in [0.25, 0.3) is 5.91 Å². The molecule has 3 rings (SSSR count). The lowest BCUT2D eigenvalue weighted by Gasteiger charge is -2.13. The molecule has 0 saturated heterocycles. The summed E-state index contributed by atoms with van der Waals surface area (Å²) in [5.74, 6) is -1.48. The number of aliphatic hydroxyl groups excluding tert-OH is 3. The Morgan fingerprint density at radius 2 is 1.74 bits per heavy atom. The first kappa shape index (κ1) is 24.2. The standard InChI is InChI=1S/C18H17FN8O7/c19-16(33)15(32)11(30)6-22-34-7-12(31)23-8-4-10(29)14(21-5-8)18-26-24-17(25-27-18)13-9(28)2-1-3-20-13/h1-6,11,15-16,28-30,32-33H,7H2,(H,23,31)/b22-6+/i19-1. The number of carbonyl (C=O) groups is 1. The summed E-state index contributed by atoms with van der Waals surface area (Å²) in [5, 5.41) is 67.5. The van der Waals surface area contributed by atoms with Gasteiger partial charge in [-0.15, -0.1) is 20.4 Å². The van der Waals surface area contributed by atoms with Crippen LogP contribution in [0.3, 0.4) is 0 Å². The molecule has 0 bridgehead atoms. The third kappa shape index (κ3) is 6.09. The maximum atomic E-state index is 12.4. The van der Waals surface area contributed by atoms with E-state index >= 15 is 0 Å². The van der Waals surface area contributed by atoms with Crippen LogP contribution in [0.2, 0.25) is 0 Å². The molecule has 0 aromatic carbocycles. The van der Waals surface area contributed by atoms with Crippen molar-refractivity contribution in [2.75, 3.05) is 11.9 Å². The van der Waals surface area contributed by atoms with E-state index < -0.39 is 36.8 Å². The second-order valence-corrected chi connectivity index (χ2v) is 6.44. The molecule has 0 radical (unpaired) electrons. The van der Waals surface area contributed by atoms with Crippen molar-refractivity contribution in [3.8, 4) is 34.5 Å². The zero-order valence-corrected chi connectivity index (χ0v) is 17.0. The van der Waals surface area contributed by atoms with Gasteiger partial charge in [0.2, 0.25) is 18.0 Å². The number of halogens is 1. The van der Waals surface area contributed by atoms with Crippen molar-refractivity contribution < 1.29 is 39.6 Å². The number of anilines is 1. The normalized spacial score (nSPS) is 13.9. The third-order valence-electron chi connectivity index (χ3n) is 3.96. The van der Waals surface area contributed by atoms with Gasteiger partial charge in [0.05, 0.1) is 18.1 Å². The van der Waals surface area contributed by atoms with Crippen LogP contribution in [0.1, 0.15) is 0 Å². The van der Waals surface area contributed by atoms with Gasteiger partial charge in [-0.2, -0.15) is 0 Å². The summed E-state index contributed by atoms with van der Waals surface area (Å²) in [6.07, 6.45) is -3.47. The van der Waals surface area contributed by atoms with Crippen LogP contribution in [0, 0.1) is 0 Å². The Morgan fingerprint density at radius 1 is 1.09 bits per heavy atom. The number of rotatable bonds is 9. The van der Waals surface area contributed by atoms with E-state index in [1.165, 1.54) is 24.5 Å². The Labute approximate surface area is 189 Å². The molecule has 3 heterocycles. The molecule has 0 fully saturated rings. The minimum absolute atomic E-state index is 0.0456. The zero-order chi connectivity index (χ0) is 24.7. The van der Waals surface area contributed by atoms with Crippen molar-refractivity contribution in [1.82, 2.24) is 30.4 Å². The van der Waals surface area contributed by atoms with Crippen molar-refractivity contribution >= 4 is 17.8 Å². The predicted molar refractivity (Wildman–Crippen MR) is 110 cm³/mol. The summed E-state index contributed by atoms with van der Waals surface area (Å²) in [5.41, 5.74) is 0.0607. The molecular weight excluding hydrogens is 458 g/mol. The number of aliphatic hydroxyl groups is 3. The summed E-state index contributed by atoms with van der Waals surface area (Å²) >= 11 is 0. The fourth-order valence-corrected chi connectivity index (χ4v) is 2.33. The van der Waals surface area contributed by atoms with E-state index in [2.05, 4.69) is 45.7 Å². The molecule has 0 spiro atoms. The lowest BCUT2D eigenvalue weighted by molar-refractivity contribution is -0.120. The Kier molecular flexibility index (Phi) is 7.80. The van der Waals surface area contributed by atoms with Gasteiger partial charge < -0.3 is 35.7 Å². The Morgan fingerprint density at radius 3 is 2.32 bits per heavy atom. The lowest BCUT2D eigenvalue weighted by atomic mass is 10.2. The highest BCUT2D eigenvalue weighted by molar-refractivity contribution is 5.92. The van der Waals surface area contributed by atoms with Crippen molar-refractivity contribution in [3.63, 3.8) is 0 Å². The molecule has 1 amide bonds. The molecule has 0 saturated carbocycles. The van der Waals surface area contributed by atoms with Crippen LogP contribution in [0.25, 0.3) is 23.0 Å². The Balaban J connectivity index is 1.59. The lowest BCUT2D eigenvalue weighted by Crippen LogP contribution is -2.35. The number of carbonyl (C=O) groups excluding carboxylic acids is 1. The average molecular weight is 475 g/mol. The SMILES string of the molecule is O=C(CO/N=C/C(O)C(O)C(O)[18F])Nc1cnc(-c2nnc(-c3ncccc3O)nn2)c(O)c1. The van der Waals surface area contributed by atoms with Gasteiger partial charge in [-0.05, 0) is 12.1 Å². The van der Waals surface area contributed by atoms with E-state index in [1.807, 2.05) is 0 Å². The molecule has 178 valence electrons. The first-order valence-electron chi connectivity index (χ1n) is 9.31.